The lowest BCUT2D eigenvalue weighted by molar-refractivity contribution is 0.0922. The fourth-order valence-corrected chi connectivity index (χ4v) is 2.52. The fourth-order valence-electron chi connectivity index (χ4n) is 2.52. The van der Waals surface area contributed by atoms with Crippen LogP contribution in [0.2, 0.25) is 0 Å². The van der Waals surface area contributed by atoms with Crippen LogP contribution in [-0.2, 0) is 4.74 Å². The van der Waals surface area contributed by atoms with Gasteiger partial charge in [-0.05, 0) is 43.9 Å². The van der Waals surface area contributed by atoms with Crippen molar-refractivity contribution in [3.05, 3.63) is 23.8 Å². The minimum atomic E-state index is 0.143. The second-order valence-corrected chi connectivity index (χ2v) is 5.02. The van der Waals surface area contributed by atoms with Gasteiger partial charge in [0, 0.05) is 18.6 Å². The van der Waals surface area contributed by atoms with E-state index in [-0.39, 0.29) is 5.78 Å². The summed E-state index contributed by atoms with van der Waals surface area (Å²) in [5.74, 6) is 1.38. The highest BCUT2D eigenvalue weighted by atomic mass is 16.5. The van der Waals surface area contributed by atoms with Crippen molar-refractivity contribution in [3.8, 4) is 11.5 Å². The fraction of sp³-hybridized carbons (Fsp3) is 0.562. The van der Waals surface area contributed by atoms with E-state index in [1.54, 1.807) is 32.4 Å². The van der Waals surface area contributed by atoms with E-state index in [1.807, 2.05) is 0 Å². The number of benzene rings is 1. The maximum absolute atomic E-state index is 12.1. The van der Waals surface area contributed by atoms with Gasteiger partial charge in [0.2, 0.25) is 0 Å². The highest BCUT2D eigenvalue weighted by Gasteiger charge is 2.16. The number of methoxy groups -OCH3 is 2. The average Bonchev–Trinajstić information content (AvgIpc) is 2.99. The van der Waals surface area contributed by atoms with E-state index in [9.17, 15) is 4.79 Å². The molecule has 0 bridgehead atoms. The molecule has 1 aliphatic heterocycles. The van der Waals surface area contributed by atoms with Gasteiger partial charge in [0.1, 0.15) is 0 Å². The van der Waals surface area contributed by atoms with E-state index >= 15 is 0 Å². The minimum Gasteiger partial charge on any atom is -0.493 e. The highest BCUT2D eigenvalue weighted by Crippen LogP contribution is 2.28. The van der Waals surface area contributed by atoms with Gasteiger partial charge < -0.3 is 14.2 Å². The molecule has 1 aromatic carbocycles. The van der Waals surface area contributed by atoms with Crippen LogP contribution in [0.1, 0.15) is 42.5 Å². The first-order chi connectivity index (χ1) is 9.74. The van der Waals surface area contributed by atoms with Crippen LogP contribution in [0.3, 0.4) is 0 Å². The van der Waals surface area contributed by atoms with Gasteiger partial charge in [0.15, 0.2) is 17.3 Å². The third kappa shape index (κ3) is 3.73. The second-order valence-electron chi connectivity index (χ2n) is 5.02. The van der Waals surface area contributed by atoms with Crippen LogP contribution in [0, 0.1) is 0 Å². The summed E-state index contributed by atoms with van der Waals surface area (Å²) >= 11 is 0. The summed E-state index contributed by atoms with van der Waals surface area (Å²) in [7, 11) is 3.16. The standard InChI is InChI=1S/C16H22O4/c1-18-15-9-8-12(11-16(15)19-2)14(17)7-3-5-13-6-4-10-20-13/h8-9,11,13H,3-7,10H2,1-2H3. The van der Waals surface area contributed by atoms with Crippen molar-refractivity contribution in [2.45, 2.75) is 38.2 Å². The van der Waals surface area contributed by atoms with Gasteiger partial charge in [-0.1, -0.05) is 0 Å². The Morgan fingerprint density at radius 2 is 2.10 bits per heavy atom. The molecule has 0 radical (unpaired) electrons. The summed E-state index contributed by atoms with van der Waals surface area (Å²) in [6.45, 7) is 0.869. The van der Waals surface area contributed by atoms with Crippen molar-refractivity contribution in [2.24, 2.45) is 0 Å². The van der Waals surface area contributed by atoms with Crippen molar-refractivity contribution < 1.29 is 19.0 Å². The molecule has 0 aliphatic carbocycles. The van der Waals surface area contributed by atoms with E-state index in [2.05, 4.69) is 0 Å². The summed E-state index contributed by atoms with van der Waals surface area (Å²) in [4.78, 5) is 12.1. The summed E-state index contributed by atoms with van der Waals surface area (Å²) in [5, 5.41) is 0. The molecule has 0 N–H and O–H groups in total. The summed E-state index contributed by atoms with van der Waals surface area (Å²) in [5.41, 5.74) is 0.676. The van der Waals surface area contributed by atoms with Crippen molar-refractivity contribution in [1.82, 2.24) is 0 Å². The lowest BCUT2D eigenvalue weighted by Crippen LogP contribution is -2.06. The van der Waals surface area contributed by atoms with Gasteiger partial charge in [0.05, 0.1) is 20.3 Å². The van der Waals surface area contributed by atoms with Crippen LogP contribution in [0.4, 0.5) is 0 Å². The third-order valence-corrected chi connectivity index (χ3v) is 3.66. The lowest BCUT2D eigenvalue weighted by atomic mass is 10.0. The molecule has 2 rings (SSSR count). The monoisotopic (exact) mass is 278 g/mol. The van der Waals surface area contributed by atoms with Crippen molar-refractivity contribution >= 4 is 5.78 Å². The van der Waals surface area contributed by atoms with Gasteiger partial charge in [-0.25, -0.2) is 0 Å². The number of carbonyl (C=O) groups excluding carboxylic acids is 1. The SMILES string of the molecule is COc1ccc(C(=O)CCCC2CCCO2)cc1OC. The molecular formula is C16H22O4. The maximum atomic E-state index is 12.1. The average molecular weight is 278 g/mol. The van der Waals surface area contributed by atoms with E-state index in [1.165, 1.54) is 0 Å². The highest BCUT2D eigenvalue weighted by molar-refractivity contribution is 5.96. The first kappa shape index (κ1) is 14.9. The molecule has 4 nitrogen and oxygen atoms in total. The first-order valence-electron chi connectivity index (χ1n) is 7.11. The van der Waals surface area contributed by atoms with Crippen molar-refractivity contribution in [3.63, 3.8) is 0 Å². The van der Waals surface area contributed by atoms with Crippen LogP contribution in [0.15, 0.2) is 18.2 Å². The van der Waals surface area contributed by atoms with Crippen LogP contribution in [0.25, 0.3) is 0 Å². The van der Waals surface area contributed by atoms with Crippen LogP contribution < -0.4 is 9.47 Å². The predicted octanol–water partition coefficient (Wildman–Crippen LogP) is 3.24. The van der Waals surface area contributed by atoms with Gasteiger partial charge in [0.25, 0.3) is 0 Å². The van der Waals surface area contributed by atoms with Gasteiger partial charge in [-0.15, -0.1) is 0 Å². The van der Waals surface area contributed by atoms with Crippen molar-refractivity contribution in [1.29, 1.82) is 0 Å². The number of hydrogen-bond donors (Lipinski definition) is 0. The molecule has 0 amide bonds. The van der Waals surface area contributed by atoms with Gasteiger partial charge >= 0.3 is 0 Å². The Morgan fingerprint density at radius 1 is 1.30 bits per heavy atom. The minimum absolute atomic E-state index is 0.143. The smallest absolute Gasteiger partial charge is 0.163 e. The second kappa shape index (κ2) is 7.29. The molecule has 1 heterocycles. The molecule has 1 atom stereocenters. The Hall–Kier alpha value is -1.55. The molecule has 0 spiro atoms. The molecule has 110 valence electrons. The van der Waals surface area contributed by atoms with E-state index < -0.39 is 0 Å². The zero-order chi connectivity index (χ0) is 14.4. The molecule has 1 aromatic rings. The van der Waals surface area contributed by atoms with Crippen molar-refractivity contribution in [2.75, 3.05) is 20.8 Å². The molecule has 0 saturated carbocycles. The number of ketones is 1. The molecule has 4 heteroatoms. The van der Waals surface area contributed by atoms with Gasteiger partial charge in [-0.2, -0.15) is 0 Å². The van der Waals surface area contributed by atoms with E-state index in [0.29, 0.717) is 29.6 Å². The van der Waals surface area contributed by atoms with E-state index in [4.69, 9.17) is 14.2 Å². The quantitative estimate of drug-likeness (QED) is 0.718. The molecule has 1 saturated heterocycles. The summed E-state index contributed by atoms with van der Waals surface area (Å²) < 4.78 is 15.9. The number of Topliss-reactive ketones (excluding diaryl/α,β-unsaturated/α-hetero) is 1. The number of ether oxygens (including phenoxy) is 3. The predicted molar refractivity (Wildman–Crippen MR) is 76.7 cm³/mol. The normalized spacial score (nSPS) is 18.0. The van der Waals surface area contributed by atoms with E-state index in [0.717, 1.165) is 32.3 Å². The molecule has 0 aromatic heterocycles. The zero-order valence-electron chi connectivity index (χ0n) is 12.2. The lowest BCUT2D eigenvalue weighted by Gasteiger charge is -2.10. The molecule has 1 aliphatic rings. The first-order valence-corrected chi connectivity index (χ1v) is 7.11. The summed E-state index contributed by atoms with van der Waals surface area (Å²) in [6.07, 6.45) is 5.03. The third-order valence-electron chi connectivity index (χ3n) is 3.66. The van der Waals surface area contributed by atoms with Crippen LogP contribution in [0.5, 0.6) is 11.5 Å². The van der Waals surface area contributed by atoms with Crippen LogP contribution >= 0.6 is 0 Å². The molecule has 1 fully saturated rings. The molecule has 1 unspecified atom stereocenters. The van der Waals surface area contributed by atoms with Gasteiger partial charge in [-0.3, -0.25) is 4.79 Å². The Morgan fingerprint density at radius 3 is 2.75 bits per heavy atom. The molecule has 20 heavy (non-hydrogen) atoms. The number of hydrogen-bond acceptors (Lipinski definition) is 4. The van der Waals surface area contributed by atoms with Crippen LogP contribution in [-0.4, -0.2) is 32.7 Å². The Labute approximate surface area is 120 Å². The summed E-state index contributed by atoms with van der Waals surface area (Å²) in [6, 6.07) is 5.30. The number of carbonyl (C=O) groups is 1. The maximum Gasteiger partial charge on any atom is 0.163 e. The largest absolute Gasteiger partial charge is 0.493 e. The Kier molecular flexibility index (Phi) is 5.41. The molecular weight excluding hydrogens is 256 g/mol. The Balaban J connectivity index is 1.88. The Bertz CT molecular complexity index is 450. The zero-order valence-corrected chi connectivity index (χ0v) is 12.2. The number of rotatable bonds is 7. The topological polar surface area (TPSA) is 44.8 Å².